The minimum absolute atomic E-state index is 0.0836. The van der Waals surface area contributed by atoms with Gasteiger partial charge in [-0.25, -0.2) is 0 Å². The molecule has 1 rings (SSSR count). The van der Waals surface area contributed by atoms with E-state index in [0.29, 0.717) is 6.42 Å². The quantitative estimate of drug-likeness (QED) is 0.653. The molecule has 16 heavy (non-hydrogen) atoms. The Hall–Kier alpha value is -0.570. The fraction of sp³-hybridized carbons (Fsp3) is 0.923. The van der Waals surface area contributed by atoms with Crippen molar-refractivity contribution in [2.45, 2.75) is 57.9 Å². The third-order valence-corrected chi connectivity index (χ3v) is 3.55. The van der Waals surface area contributed by atoms with Gasteiger partial charge in [0.1, 0.15) is 0 Å². The summed E-state index contributed by atoms with van der Waals surface area (Å²) in [5.41, 5.74) is 0. The summed E-state index contributed by atoms with van der Waals surface area (Å²) in [4.78, 5) is 13.5. The van der Waals surface area contributed by atoms with Crippen molar-refractivity contribution >= 4 is 5.97 Å². The van der Waals surface area contributed by atoms with Crippen molar-refractivity contribution in [2.75, 3.05) is 20.2 Å². The lowest BCUT2D eigenvalue weighted by Gasteiger charge is -2.33. The van der Waals surface area contributed by atoms with Crippen molar-refractivity contribution < 1.29 is 9.53 Å². The van der Waals surface area contributed by atoms with Crippen molar-refractivity contribution in [1.29, 1.82) is 0 Å². The highest BCUT2D eigenvalue weighted by molar-refractivity contribution is 5.69. The van der Waals surface area contributed by atoms with Gasteiger partial charge in [-0.15, -0.1) is 0 Å². The smallest absolute Gasteiger partial charge is 0.305 e. The normalized spacial score (nSPS) is 17.7. The van der Waals surface area contributed by atoms with E-state index in [1.165, 1.54) is 39.2 Å². The molecule has 0 radical (unpaired) electrons. The molecule has 1 fully saturated rings. The molecule has 0 heterocycles. The second-order valence-electron chi connectivity index (χ2n) is 4.60. The number of hydrogen-bond donors (Lipinski definition) is 0. The summed E-state index contributed by atoms with van der Waals surface area (Å²) in [6.45, 7) is 4.36. The summed E-state index contributed by atoms with van der Waals surface area (Å²) in [6.07, 6.45) is 8.31. The van der Waals surface area contributed by atoms with Crippen LogP contribution in [0, 0.1) is 0 Å². The standard InChI is InChI=1S/C13H25NO2/c1-3-14(11-7-10-13(15)16-2)12-8-5-4-6-9-12/h12H,3-11H2,1-2H3. The number of ether oxygens (including phenoxy) is 1. The fourth-order valence-electron chi connectivity index (χ4n) is 2.57. The van der Waals surface area contributed by atoms with E-state index in [1.54, 1.807) is 0 Å². The molecule has 0 aromatic heterocycles. The van der Waals surface area contributed by atoms with Crippen LogP contribution in [0.3, 0.4) is 0 Å². The van der Waals surface area contributed by atoms with Gasteiger partial charge in [0.05, 0.1) is 7.11 Å². The van der Waals surface area contributed by atoms with E-state index in [9.17, 15) is 4.79 Å². The third kappa shape index (κ3) is 4.52. The molecule has 3 nitrogen and oxygen atoms in total. The summed E-state index contributed by atoms with van der Waals surface area (Å²) in [7, 11) is 1.46. The van der Waals surface area contributed by atoms with Crippen LogP contribution < -0.4 is 0 Å². The molecule has 0 aromatic carbocycles. The fourth-order valence-corrected chi connectivity index (χ4v) is 2.57. The summed E-state index contributed by atoms with van der Waals surface area (Å²) in [5, 5.41) is 0. The molecule has 0 aliphatic heterocycles. The largest absolute Gasteiger partial charge is 0.469 e. The van der Waals surface area contributed by atoms with Gasteiger partial charge in [-0.05, 0) is 32.4 Å². The summed E-state index contributed by atoms with van der Waals surface area (Å²) in [5.74, 6) is -0.0836. The number of methoxy groups -OCH3 is 1. The van der Waals surface area contributed by atoms with Crippen LogP contribution in [0.25, 0.3) is 0 Å². The highest BCUT2D eigenvalue weighted by atomic mass is 16.5. The van der Waals surface area contributed by atoms with Gasteiger partial charge in [-0.3, -0.25) is 4.79 Å². The monoisotopic (exact) mass is 227 g/mol. The molecule has 0 N–H and O–H groups in total. The van der Waals surface area contributed by atoms with Crippen molar-refractivity contribution in [3.05, 3.63) is 0 Å². The lowest BCUT2D eigenvalue weighted by Crippen LogP contribution is -2.37. The van der Waals surface area contributed by atoms with E-state index in [2.05, 4.69) is 16.6 Å². The maximum absolute atomic E-state index is 11.0. The van der Waals surface area contributed by atoms with Gasteiger partial charge in [0, 0.05) is 12.5 Å². The summed E-state index contributed by atoms with van der Waals surface area (Å²) in [6, 6.07) is 0.761. The van der Waals surface area contributed by atoms with Crippen LogP contribution in [0.4, 0.5) is 0 Å². The van der Waals surface area contributed by atoms with E-state index in [4.69, 9.17) is 0 Å². The van der Waals surface area contributed by atoms with Gasteiger partial charge >= 0.3 is 5.97 Å². The second kappa shape index (κ2) is 7.66. The number of carbonyl (C=O) groups is 1. The third-order valence-electron chi connectivity index (χ3n) is 3.55. The molecule has 0 bridgehead atoms. The molecule has 0 saturated heterocycles. The highest BCUT2D eigenvalue weighted by Gasteiger charge is 2.19. The maximum atomic E-state index is 11.0. The number of nitrogens with zero attached hydrogens (tertiary/aromatic N) is 1. The molecule has 1 aliphatic carbocycles. The molecule has 3 heteroatoms. The average Bonchev–Trinajstić information content (AvgIpc) is 2.35. The van der Waals surface area contributed by atoms with Crippen LogP contribution >= 0.6 is 0 Å². The molecular weight excluding hydrogens is 202 g/mol. The maximum Gasteiger partial charge on any atom is 0.305 e. The van der Waals surface area contributed by atoms with Crippen LogP contribution in [0.5, 0.6) is 0 Å². The van der Waals surface area contributed by atoms with Crippen LogP contribution in [-0.4, -0.2) is 37.1 Å². The molecule has 0 atom stereocenters. The number of rotatable bonds is 6. The molecule has 94 valence electrons. The van der Waals surface area contributed by atoms with Crippen molar-refractivity contribution in [3.63, 3.8) is 0 Å². The van der Waals surface area contributed by atoms with E-state index in [-0.39, 0.29) is 5.97 Å². The molecule has 0 spiro atoms. The second-order valence-corrected chi connectivity index (χ2v) is 4.60. The highest BCUT2D eigenvalue weighted by Crippen LogP contribution is 2.22. The molecule has 0 unspecified atom stereocenters. The average molecular weight is 227 g/mol. The molecular formula is C13H25NO2. The molecule has 1 aliphatic rings. The first kappa shape index (κ1) is 13.5. The van der Waals surface area contributed by atoms with E-state index in [1.807, 2.05) is 0 Å². The van der Waals surface area contributed by atoms with Gasteiger partial charge in [0.25, 0.3) is 0 Å². The number of hydrogen-bond acceptors (Lipinski definition) is 3. The van der Waals surface area contributed by atoms with Gasteiger partial charge in [0.2, 0.25) is 0 Å². The van der Waals surface area contributed by atoms with Gasteiger partial charge in [-0.2, -0.15) is 0 Å². The van der Waals surface area contributed by atoms with Gasteiger partial charge in [-0.1, -0.05) is 26.2 Å². The zero-order chi connectivity index (χ0) is 11.8. The topological polar surface area (TPSA) is 29.5 Å². The summed E-state index contributed by atoms with van der Waals surface area (Å²) >= 11 is 0. The van der Waals surface area contributed by atoms with Crippen LogP contribution in [0.2, 0.25) is 0 Å². The van der Waals surface area contributed by atoms with E-state index >= 15 is 0 Å². The first-order chi connectivity index (χ1) is 7.77. The van der Waals surface area contributed by atoms with Crippen molar-refractivity contribution in [1.82, 2.24) is 4.90 Å². The molecule has 0 amide bonds. The molecule has 0 aromatic rings. The Morgan fingerprint density at radius 3 is 2.56 bits per heavy atom. The SMILES string of the molecule is CCN(CCCC(=O)OC)C1CCCCC1. The zero-order valence-electron chi connectivity index (χ0n) is 10.7. The predicted molar refractivity (Wildman–Crippen MR) is 65.4 cm³/mol. The minimum atomic E-state index is -0.0836. The van der Waals surface area contributed by atoms with Crippen LogP contribution in [-0.2, 0) is 9.53 Å². The van der Waals surface area contributed by atoms with Crippen LogP contribution in [0.1, 0.15) is 51.9 Å². The molecule has 1 saturated carbocycles. The Balaban J connectivity index is 2.22. The lowest BCUT2D eigenvalue weighted by molar-refractivity contribution is -0.140. The zero-order valence-corrected chi connectivity index (χ0v) is 10.7. The Kier molecular flexibility index (Phi) is 6.46. The first-order valence-corrected chi connectivity index (χ1v) is 6.58. The number of carbonyl (C=O) groups excluding carboxylic acids is 1. The Morgan fingerprint density at radius 1 is 1.31 bits per heavy atom. The Labute approximate surface area is 99.1 Å². The number of esters is 1. The minimum Gasteiger partial charge on any atom is -0.469 e. The Bertz CT molecular complexity index is 200. The van der Waals surface area contributed by atoms with Gasteiger partial charge < -0.3 is 9.64 Å². The lowest BCUT2D eigenvalue weighted by atomic mass is 9.94. The van der Waals surface area contributed by atoms with E-state index in [0.717, 1.165) is 25.6 Å². The predicted octanol–water partition coefficient (Wildman–Crippen LogP) is 2.59. The van der Waals surface area contributed by atoms with Crippen LogP contribution in [0.15, 0.2) is 0 Å². The van der Waals surface area contributed by atoms with Crippen molar-refractivity contribution in [2.24, 2.45) is 0 Å². The first-order valence-electron chi connectivity index (χ1n) is 6.58. The van der Waals surface area contributed by atoms with Gasteiger partial charge in [0.15, 0.2) is 0 Å². The van der Waals surface area contributed by atoms with Crippen molar-refractivity contribution in [3.8, 4) is 0 Å². The summed E-state index contributed by atoms with van der Waals surface area (Å²) < 4.78 is 4.65. The Morgan fingerprint density at radius 2 is 2.00 bits per heavy atom. The van der Waals surface area contributed by atoms with E-state index < -0.39 is 0 Å².